The third-order valence-electron chi connectivity index (χ3n) is 7.71. The van der Waals surface area contributed by atoms with Crippen molar-refractivity contribution < 1.29 is 14.3 Å². The first-order chi connectivity index (χ1) is 18.4. The molecule has 0 saturated heterocycles. The highest BCUT2D eigenvalue weighted by molar-refractivity contribution is 5.96. The minimum absolute atomic E-state index is 0.00538. The van der Waals surface area contributed by atoms with E-state index >= 15 is 0 Å². The smallest absolute Gasteiger partial charge is 0.247 e. The standard InChI is InChI=1S/C31H42N4O3/c1-5-24-15-11-12-22(2)30(24)35(23(3)21-38-4)29(36)20-34-27-17-10-9-16-26(27)33-28(34)18-19-32-31(37)25-13-7-6-8-14-25/h9-12,15-17,23,25H,5-8,13-14,18-21H2,1-4H3,(H,32,37). The summed E-state index contributed by atoms with van der Waals surface area (Å²) in [6, 6.07) is 14.0. The van der Waals surface area contributed by atoms with Crippen LogP contribution < -0.4 is 10.2 Å². The lowest BCUT2D eigenvalue weighted by molar-refractivity contribution is -0.126. The number of ether oxygens (including phenoxy) is 1. The fourth-order valence-electron chi connectivity index (χ4n) is 5.77. The van der Waals surface area contributed by atoms with Crippen LogP contribution in [-0.4, -0.2) is 47.7 Å². The van der Waals surface area contributed by atoms with Gasteiger partial charge in [0.2, 0.25) is 11.8 Å². The number of nitrogens with one attached hydrogen (secondary N) is 1. The highest BCUT2D eigenvalue weighted by Crippen LogP contribution is 2.29. The van der Waals surface area contributed by atoms with Gasteiger partial charge >= 0.3 is 0 Å². The zero-order valence-electron chi connectivity index (χ0n) is 23.3. The number of nitrogens with zero attached hydrogens (tertiary/aromatic N) is 3. The zero-order chi connectivity index (χ0) is 27.1. The average Bonchev–Trinajstić information content (AvgIpc) is 3.27. The van der Waals surface area contributed by atoms with E-state index in [-0.39, 0.29) is 30.3 Å². The summed E-state index contributed by atoms with van der Waals surface area (Å²) in [4.78, 5) is 33.5. The quantitative estimate of drug-likeness (QED) is 0.378. The average molecular weight is 519 g/mol. The van der Waals surface area contributed by atoms with E-state index in [1.165, 1.54) is 6.42 Å². The lowest BCUT2D eigenvalue weighted by Gasteiger charge is -2.32. The predicted octanol–water partition coefficient (Wildman–Crippen LogP) is 5.21. The fourth-order valence-corrected chi connectivity index (χ4v) is 5.77. The zero-order valence-corrected chi connectivity index (χ0v) is 23.3. The number of fused-ring (bicyclic) bond motifs is 1. The Labute approximate surface area is 226 Å². The summed E-state index contributed by atoms with van der Waals surface area (Å²) in [6.07, 6.45) is 6.85. The van der Waals surface area contributed by atoms with Crippen LogP contribution in [0.2, 0.25) is 0 Å². The molecule has 0 spiro atoms. The molecule has 1 heterocycles. The Balaban J connectivity index is 1.59. The van der Waals surface area contributed by atoms with Gasteiger partial charge in [-0.15, -0.1) is 0 Å². The molecule has 204 valence electrons. The van der Waals surface area contributed by atoms with Gasteiger partial charge in [0.05, 0.1) is 29.4 Å². The molecule has 1 unspecified atom stereocenters. The third-order valence-corrected chi connectivity index (χ3v) is 7.71. The van der Waals surface area contributed by atoms with Crippen molar-refractivity contribution in [2.24, 2.45) is 5.92 Å². The van der Waals surface area contributed by atoms with E-state index < -0.39 is 0 Å². The van der Waals surface area contributed by atoms with E-state index in [2.05, 4.69) is 31.3 Å². The number of carbonyl (C=O) groups excluding carboxylic acids is 2. The van der Waals surface area contributed by atoms with E-state index in [1.807, 2.05) is 46.7 Å². The van der Waals surface area contributed by atoms with Crippen LogP contribution in [0.25, 0.3) is 11.0 Å². The molecule has 1 saturated carbocycles. The monoisotopic (exact) mass is 518 g/mol. The number of aromatic nitrogens is 2. The number of hydrogen-bond donors (Lipinski definition) is 1. The molecule has 38 heavy (non-hydrogen) atoms. The molecule has 4 rings (SSSR count). The number of rotatable bonds is 11. The molecular formula is C31H42N4O3. The van der Waals surface area contributed by atoms with Gasteiger partial charge in [0.15, 0.2) is 0 Å². The second kappa shape index (κ2) is 13.1. The molecule has 7 heteroatoms. The maximum absolute atomic E-state index is 14.1. The minimum atomic E-state index is -0.132. The lowest BCUT2D eigenvalue weighted by atomic mass is 9.89. The van der Waals surface area contributed by atoms with Crippen LogP contribution in [0.3, 0.4) is 0 Å². The Hall–Kier alpha value is -3.19. The maximum atomic E-state index is 14.1. The Morgan fingerprint density at radius 2 is 1.89 bits per heavy atom. The van der Waals surface area contributed by atoms with Crippen molar-refractivity contribution >= 4 is 28.5 Å². The van der Waals surface area contributed by atoms with E-state index in [0.29, 0.717) is 19.6 Å². The van der Waals surface area contributed by atoms with Gasteiger partial charge in [-0.2, -0.15) is 0 Å². The molecule has 1 atom stereocenters. The van der Waals surface area contributed by atoms with E-state index in [4.69, 9.17) is 9.72 Å². The van der Waals surface area contributed by atoms with Crippen molar-refractivity contribution in [3.05, 3.63) is 59.4 Å². The molecule has 0 bridgehead atoms. The number of para-hydroxylation sites is 3. The molecule has 2 aromatic carbocycles. The van der Waals surface area contributed by atoms with Gasteiger partial charge in [0.1, 0.15) is 12.4 Å². The number of aryl methyl sites for hydroxylation is 2. The lowest BCUT2D eigenvalue weighted by Crippen LogP contribution is -2.44. The Bertz CT molecular complexity index is 1250. The fraction of sp³-hybridized carbons (Fsp3) is 0.516. The van der Waals surface area contributed by atoms with Gasteiger partial charge < -0.3 is 19.5 Å². The SMILES string of the molecule is CCc1cccc(C)c1N(C(=O)Cn1c(CCNC(=O)C2CCCCC2)nc2ccccc21)C(C)COC. The number of benzene rings is 2. The van der Waals surface area contributed by atoms with Crippen LogP contribution in [0.4, 0.5) is 5.69 Å². The molecule has 1 N–H and O–H groups in total. The molecule has 1 aliphatic rings. The first kappa shape index (κ1) is 27.8. The Morgan fingerprint density at radius 1 is 1.13 bits per heavy atom. The van der Waals surface area contributed by atoms with E-state index in [0.717, 1.165) is 65.8 Å². The summed E-state index contributed by atoms with van der Waals surface area (Å²) < 4.78 is 7.49. The van der Waals surface area contributed by atoms with E-state index in [9.17, 15) is 9.59 Å². The van der Waals surface area contributed by atoms with Gasteiger partial charge in [0.25, 0.3) is 0 Å². The summed E-state index contributed by atoms with van der Waals surface area (Å²) in [5, 5.41) is 3.13. The Kier molecular flexibility index (Phi) is 9.56. The van der Waals surface area contributed by atoms with Crippen LogP contribution in [0, 0.1) is 12.8 Å². The third kappa shape index (κ3) is 6.26. The summed E-state index contributed by atoms with van der Waals surface area (Å²) in [5.41, 5.74) is 4.96. The highest BCUT2D eigenvalue weighted by Gasteiger charge is 2.27. The number of methoxy groups -OCH3 is 1. The number of imidazole rings is 1. The molecule has 1 aromatic heterocycles. The van der Waals surface area contributed by atoms with Gasteiger partial charge in [-0.3, -0.25) is 9.59 Å². The molecular weight excluding hydrogens is 476 g/mol. The molecule has 2 amide bonds. The second-order valence-corrected chi connectivity index (χ2v) is 10.5. The van der Waals surface area contributed by atoms with Crippen LogP contribution in [0.1, 0.15) is 62.9 Å². The molecule has 0 aliphatic heterocycles. The maximum Gasteiger partial charge on any atom is 0.247 e. The van der Waals surface area contributed by atoms with Crippen molar-refractivity contribution in [1.82, 2.24) is 14.9 Å². The summed E-state index contributed by atoms with van der Waals surface area (Å²) in [5.74, 6) is 1.08. The normalized spacial score (nSPS) is 14.9. The van der Waals surface area contributed by atoms with Crippen molar-refractivity contribution in [2.75, 3.05) is 25.2 Å². The molecule has 3 aromatic rings. The first-order valence-electron chi connectivity index (χ1n) is 14.1. The first-order valence-corrected chi connectivity index (χ1v) is 14.1. The van der Waals surface area contributed by atoms with Crippen LogP contribution in [-0.2, 0) is 33.7 Å². The van der Waals surface area contributed by atoms with Gasteiger partial charge in [-0.05, 0) is 56.4 Å². The van der Waals surface area contributed by atoms with Crippen molar-refractivity contribution in [1.29, 1.82) is 0 Å². The van der Waals surface area contributed by atoms with Gasteiger partial charge in [-0.25, -0.2) is 4.98 Å². The Morgan fingerprint density at radius 3 is 2.63 bits per heavy atom. The predicted molar refractivity (Wildman–Crippen MR) is 152 cm³/mol. The largest absolute Gasteiger partial charge is 0.383 e. The summed E-state index contributed by atoms with van der Waals surface area (Å²) in [7, 11) is 1.67. The van der Waals surface area contributed by atoms with Crippen LogP contribution in [0.5, 0.6) is 0 Å². The summed E-state index contributed by atoms with van der Waals surface area (Å²) in [6.45, 7) is 7.31. The number of amides is 2. The molecule has 1 aliphatic carbocycles. The topological polar surface area (TPSA) is 76.5 Å². The number of carbonyl (C=O) groups is 2. The minimum Gasteiger partial charge on any atom is -0.383 e. The van der Waals surface area contributed by atoms with Gasteiger partial charge in [0, 0.05) is 26.0 Å². The van der Waals surface area contributed by atoms with Crippen molar-refractivity contribution in [3.63, 3.8) is 0 Å². The van der Waals surface area contributed by atoms with Crippen molar-refractivity contribution in [3.8, 4) is 0 Å². The van der Waals surface area contributed by atoms with Gasteiger partial charge in [-0.1, -0.05) is 56.5 Å². The molecule has 1 fully saturated rings. The summed E-state index contributed by atoms with van der Waals surface area (Å²) >= 11 is 0. The van der Waals surface area contributed by atoms with Crippen LogP contribution >= 0.6 is 0 Å². The number of anilines is 1. The molecule has 7 nitrogen and oxygen atoms in total. The van der Waals surface area contributed by atoms with E-state index in [1.54, 1.807) is 7.11 Å². The second-order valence-electron chi connectivity index (χ2n) is 10.5. The van der Waals surface area contributed by atoms with Crippen molar-refractivity contribution in [2.45, 2.75) is 78.3 Å². The number of hydrogen-bond acceptors (Lipinski definition) is 4. The molecule has 0 radical (unpaired) electrons. The van der Waals surface area contributed by atoms with Crippen LogP contribution in [0.15, 0.2) is 42.5 Å². The highest BCUT2D eigenvalue weighted by atomic mass is 16.5.